The van der Waals surface area contributed by atoms with Gasteiger partial charge in [-0.25, -0.2) is 4.68 Å². The molecule has 1 N–H and O–H groups in total. The van der Waals surface area contributed by atoms with Crippen LogP contribution in [0.25, 0.3) is 0 Å². The molecule has 1 aromatic carbocycles. The maximum atomic E-state index is 8.88. The minimum Gasteiger partial charge on any atom is -0.409 e. The zero-order valence-electron chi connectivity index (χ0n) is 7.41. The lowest BCUT2D eigenvalue weighted by atomic mass is 10.2. The Kier molecular flexibility index (Phi) is 2.27. The van der Waals surface area contributed by atoms with Gasteiger partial charge in [0.1, 0.15) is 0 Å². The van der Waals surface area contributed by atoms with Crippen LogP contribution in [0.15, 0.2) is 53.9 Å². The highest BCUT2D eigenvalue weighted by atomic mass is 16.4. The third-order valence-electron chi connectivity index (χ3n) is 1.85. The Morgan fingerprint density at radius 2 is 2.00 bits per heavy atom. The van der Waals surface area contributed by atoms with E-state index >= 15 is 0 Å². The second kappa shape index (κ2) is 3.74. The van der Waals surface area contributed by atoms with E-state index in [0.29, 0.717) is 5.84 Å². The summed E-state index contributed by atoms with van der Waals surface area (Å²) in [5, 5.41) is 16.1. The summed E-state index contributed by atoms with van der Waals surface area (Å²) in [4.78, 5) is 0. The molecule has 0 amide bonds. The van der Waals surface area contributed by atoms with E-state index in [1.807, 2.05) is 30.3 Å². The van der Waals surface area contributed by atoms with E-state index in [0.717, 1.165) is 5.56 Å². The fourth-order valence-electron chi connectivity index (χ4n) is 1.22. The molecule has 2 aromatic rings. The predicted molar refractivity (Wildman–Crippen MR) is 52.4 cm³/mol. The van der Waals surface area contributed by atoms with Crippen molar-refractivity contribution in [2.45, 2.75) is 0 Å². The average molecular weight is 187 g/mol. The molecule has 14 heavy (non-hydrogen) atoms. The Morgan fingerprint density at radius 1 is 1.21 bits per heavy atom. The summed E-state index contributed by atoms with van der Waals surface area (Å²) in [5.41, 5.74) is 0.818. The smallest absolute Gasteiger partial charge is 0.199 e. The molecule has 0 aliphatic carbocycles. The van der Waals surface area contributed by atoms with Crippen LogP contribution >= 0.6 is 0 Å². The van der Waals surface area contributed by atoms with Crippen molar-refractivity contribution in [2.75, 3.05) is 0 Å². The number of benzene rings is 1. The first-order valence-electron chi connectivity index (χ1n) is 4.19. The molecule has 1 aromatic heterocycles. The predicted octanol–water partition coefficient (Wildman–Crippen LogP) is 1.57. The zero-order valence-corrected chi connectivity index (χ0v) is 7.41. The highest BCUT2D eigenvalue weighted by Crippen LogP contribution is 2.02. The maximum Gasteiger partial charge on any atom is 0.199 e. The number of oxime groups is 1. The quantitative estimate of drug-likeness (QED) is 0.319. The fourth-order valence-corrected chi connectivity index (χ4v) is 1.22. The molecule has 0 bridgehead atoms. The fraction of sp³-hybridized carbons (Fsp3) is 0. The number of rotatable bonds is 1. The van der Waals surface area contributed by atoms with Crippen LogP contribution in [0.5, 0.6) is 0 Å². The van der Waals surface area contributed by atoms with Crippen molar-refractivity contribution in [1.82, 2.24) is 9.78 Å². The van der Waals surface area contributed by atoms with Crippen molar-refractivity contribution in [1.29, 1.82) is 0 Å². The lowest BCUT2D eigenvalue weighted by Crippen LogP contribution is -2.13. The van der Waals surface area contributed by atoms with Crippen LogP contribution in [-0.2, 0) is 0 Å². The van der Waals surface area contributed by atoms with Gasteiger partial charge in [-0.15, -0.1) is 0 Å². The third kappa shape index (κ3) is 1.50. The topological polar surface area (TPSA) is 50.4 Å². The molecule has 4 heteroatoms. The maximum absolute atomic E-state index is 8.88. The summed E-state index contributed by atoms with van der Waals surface area (Å²) >= 11 is 0. The van der Waals surface area contributed by atoms with Gasteiger partial charge in [-0.3, -0.25) is 0 Å². The van der Waals surface area contributed by atoms with Gasteiger partial charge in [-0.2, -0.15) is 5.10 Å². The van der Waals surface area contributed by atoms with Gasteiger partial charge in [-0.1, -0.05) is 35.5 Å². The Balaban J connectivity index is 2.43. The van der Waals surface area contributed by atoms with Gasteiger partial charge < -0.3 is 5.21 Å². The molecule has 0 aliphatic heterocycles. The molecule has 0 atom stereocenters. The van der Waals surface area contributed by atoms with E-state index in [-0.39, 0.29) is 0 Å². The molecule has 0 spiro atoms. The molecule has 0 unspecified atom stereocenters. The second-order valence-corrected chi connectivity index (χ2v) is 2.74. The monoisotopic (exact) mass is 187 g/mol. The molecule has 4 nitrogen and oxygen atoms in total. The molecular formula is C10H9N3O. The molecular weight excluding hydrogens is 178 g/mol. The Bertz CT molecular complexity index is 420. The number of nitrogens with zero attached hydrogens (tertiary/aromatic N) is 3. The van der Waals surface area contributed by atoms with Crippen LogP contribution in [0.1, 0.15) is 5.56 Å². The SMILES string of the molecule is ON=C(c1ccccc1)n1cccn1. The minimum absolute atomic E-state index is 0.413. The summed E-state index contributed by atoms with van der Waals surface area (Å²) in [6, 6.07) is 11.1. The van der Waals surface area contributed by atoms with E-state index in [9.17, 15) is 0 Å². The molecule has 0 saturated heterocycles. The van der Waals surface area contributed by atoms with Crippen LogP contribution < -0.4 is 0 Å². The largest absolute Gasteiger partial charge is 0.409 e. The number of aromatic nitrogens is 2. The molecule has 0 fully saturated rings. The Morgan fingerprint density at radius 3 is 2.57 bits per heavy atom. The normalized spacial score (nSPS) is 11.6. The summed E-state index contributed by atoms with van der Waals surface area (Å²) < 4.78 is 1.51. The van der Waals surface area contributed by atoms with Gasteiger partial charge in [0.2, 0.25) is 0 Å². The van der Waals surface area contributed by atoms with Crippen LogP contribution in [0, 0.1) is 0 Å². The molecule has 0 aliphatic rings. The van der Waals surface area contributed by atoms with E-state index < -0.39 is 0 Å². The van der Waals surface area contributed by atoms with Crippen molar-refractivity contribution >= 4 is 5.84 Å². The van der Waals surface area contributed by atoms with Crippen molar-refractivity contribution in [3.63, 3.8) is 0 Å². The first-order chi connectivity index (χ1) is 6.92. The molecule has 2 rings (SSSR count). The zero-order chi connectivity index (χ0) is 9.80. The Labute approximate surface area is 81.1 Å². The summed E-state index contributed by atoms with van der Waals surface area (Å²) in [6.45, 7) is 0. The molecule has 1 heterocycles. The van der Waals surface area contributed by atoms with Gasteiger partial charge in [0.15, 0.2) is 5.84 Å². The van der Waals surface area contributed by atoms with Crippen LogP contribution in [-0.4, -0.2) is 20.8 Å². The Hall–Kier alpha value is -2.10. The van der Waals surface area contributed by atoms with Crippen molar-refractivity contribution in [3.8, 4) is 0 Å². The standard InChI is InChI=1S/C10H9N3O/c14-12-10(13-8-4-7-11-13)9-5-2-1-3-6-9/h1-8,14H. The van der Waals surface area contributed by atoms with Crippen LogP contribution in [0.2, 0.25) is 0 Å². The van der Waals surface area contributed by atoms with Gasteiger partial charge in [-0.05, 0) is 6.07 Å². The first-order valence-corrected chi connectivity index (χ1v) is 4.19. The lowest BCUT2D eigenvalue weighted by molar-refractivity contribution is 0.316. The average Bonchev–Trinajstić information content (AvgIpc) is 2.74. The van der Waals surface area contributed by atoms with Gasteiger partial charge in [0.05, 0.1) is 0 Å². The highest BCUT2D eigenvalue weighted by Gasteiger charge is 2.05. The summed E-state index contributed by atoms with van der Waals surface area (Å²) in [6.07, 6.45) is 3.36. The van der Waals surface area contributed by atoms with Crippen LogP contribution in [0.4, 0.5) is 0 Å². The summed E-state index contributed by atoms with van der Waals surface area (Å²) in [5.74, 6) is 0.413. The van der Waals surface area contributed by atoms with E-state index in [4.69, 9.17) is 5.21 Å². The van der Waals surface area contributed by atoms with E-state index in [2.05, 4.69) is 10.3 Å². The van der Waals surface area contributed by atoms with Gasteiger partial charge in [0.25, 0.3) is 0 Å². The molecule has 0 radical (unpaired) electrons. The van der Waals surface area contributed by atoms with Crippen molar-refractivity contribution in [3.05, 3.63) is 54.4 Å². The second-order valence-electron chi connectivity index (χ2n) is 2.74. The first kappa shape index (κ1) is 8.50. The van der Waals surface area contributed by atoms with Crippen LogP contribution in [0.3, 0.4) is 0 Å². The number of hydrogen-bond acceptors (Lipinski definition) is 3. The van der Waals surface area contributed by atoms with Crippen molar-refractivity contribution < 1.29 is 5.21 Å². The van der Waals surface area contributed by atoms with Gasteiger partial charge >= 0.3 is 0 Å². The van der Waals surface area contributed by atoms with E-state index in [1.165, 1.54) is 4.68 Å². The van der Waals surface area contributed by atoms with Crippen molar-refractivity contribution in [2.24, 2.45) is 5.16 Å². The minimum atomic E-state index is 0.413. The number of hydrogen-bond donors (Lipinski definition) is 1. The molecule has 70 valence electrons. The highest BCUT2D eigenvalue weighted by molar-refractivity contribution is 5.99. The van der Waals surface area contributed by atoms with Gasteiger partial charge in [0, 0.05) is 18.0 Å². The third-order valence-corrected chi connectivity index (χ3v) is 1.85. The molecule has 0 saturated carbocycles. The lowest BCUT2D eigenvalue weighted by Gasteiger charge is -2.03. The summed E-state index contributed by atoms with van der Waals surface area (Å²) in [7, 11) is 0. The van der Waals surface area contributed by atoms with E-state index in [1.54, 1.807) is 18.5 Å².